The molecule has 1 saturated heterocycles. The van der Waals surface area contributed by atoms with Crippen LogP contribution in [-0.4, -0.2) is 54.3 Å². The first kappa shape index (κ1) is 18.3. The summed E-state index contributed by atoms with van der Waals surface area (Å²) in [7, 11) is 0. The Labute approximate surface area is 161 Å². The minimum absolute atomic E-state index is 0.345. The molecule has 3 heterocycles. The number of ether oxygens (including phenoxy) is 2. The van der Waals surface area contributed by atoms with Crippen LogP contribution in [0.3, 0.4) is 0 Å². The summed E-state index contributed by atoms with van der Waals surface area (Å²) in [6.45, 7) is 9.48. The Kier molecular flexibility index (Phi) is 5.90. The van der Waals surface area contributed by atoms with Crippen molar-refractivity contribution in [2.45, 2.75) is 26.3 Å². The lowest BCUT2D eigenvalue weighted by atomic mass is 10.00. The number of aromatic nitrogens is 1. The molecule has 5 heteroatoms. The summed E-state index contributed by atoms with van der Waals surface area (Å²) >= 11 is 0. The van der Waals surface area contributed by atoms with Crippen LogP contribution >= 0.6 is 0 Å². The average Bonchev–Trinajstić information content (AvgIpc) is 3.03. The van der Waals surface area contributed by atoms with Crippen molar-refractivity contribution in [1.82, 2.24) is 14.8 Å². The van der Waals surface area contributed by atoms with Gasteiger partial charge >= 0.3 is 0 Å². The maximum atomic E-state index is 5.51. The van der Waals surface area contributed by atoms with E-state index in [4.69, 9.17) is 9.47 Å². The summed E-state index contributed by atoms with van der Waals surface area (Å²) < 4.78 is 10.9. The Morgan fingerprint density at radius 2 is 1.85 bits per heavy atom. The molecule has 2 aliphatic rings. The molecule has 0 bridgehead atoms. The Morgan fingerprint density at radius 3 is 2.74 bits per heavy atom. The fourth-order valence-electron chi connectivity index (χ4n) is 4.09. The van der Waals surface area contributed by atoms with Crippen LogP contribution in [0.4, 0.5) is 0 Å². The molecule has 0 spiro atoms. The Hall–Kier alpha value is -2.11. The first-order chi connectivity index (χ1) is 13.3. The quantitative estimate of drug-likeness (QED) is 0.784. The Morgan fingerprint density at radius 1 is 1.00 bits per heavy atom. The molecule has 5 nitrogen and oxygen atoms in total. The summed E-state index contributed by atoms with van der Waals surface area (Å²) in [5, 5.41) is 0. The molecule has 0 aliphatic carbocycles. The van der Waals surface area contributed by atoms with Crippen LogP contribution < -0.4 is 9.47 Å². The molecular formula is C22H29N3O2. The van der Waals surface area contributed by atoms with Crippen molar-refractivity contribution < 1.29 is 9.47 Å². The van der Waals surface area contributed by atoms with Crippen LogP contribution in [0.25, 0.3) is 0 Å². The molecule has 0 saturated carbocycles. The van der Waals surface area contributed by atoms with Crippen molar-refractivity contribution in [1.29, 1.82) is 0 Å². The van der Waals surface area contributed by atoms with Crippen molar-refractivity contribution in [3.8, 4) is 11.5 Å². The summed E-state index contributed by atoms with van der Waals surface area (Å²) in [6, 6.07) is 10.5. The van der Waals surface area contributed by atoms with Crippen molar-refractivity contribution in [2.75, 3.05) is 39.5 Å². The van der Waals surface area contributed by atoms with Gasteiger partial charge in [-0.1, -0.05) is 19.1 Å². The van der Waals surface area contributed by atoms with Crippen molar-refractivity contribution >= 4 is 0 Å². The number of fused-ring (bicyclic) bond motifs is 1. The van der Waals surface area contributed by atoms with E-state index in [1.807, 2.05) is 24.5 Å². The second-order valence-corrected chi connectivity index (χ2v) is 7.79. The van der Waals surface area contributed by atoms with Gasteiger partial charge in [-0.2, -0.15) is 0 Å². The highest BCUT2D eigenvalue weighted by molar-refractivity contribution is 5.44. The lowest BCUT2D eigenvalue weighted by Gasteiger charge is -2.24. The standard InChI is InChI=1S/C22H29N3O2/c1-18(12-19-5-6-21-22(13-19)27-17-26-21)15-24-8-3-9-25(11-10-24)16-20-4-2-7-23-14-20/h2,4-7,13-14,18H,3,8-12,15-17H2,1H3/t18-/m1/s1. The SMILES string of the molecule is C[C@H](Cc1ccc2c(c1)OCO2)CN1CCCN(Cc2cccnc2)CC1. The largest absolute Gasteiger partial charge is 0.454 e. The predicted molar refractivity (Wildman–Crippen MR) is 106 cm³/mol. The van der Waals surface area contributed by atoms with Gasteiger partial charge in [-0.25, -0.2) is 0 Å². The van der Waals surface area contributed by atoms with Crippen molar-refractivity contribution in [3.05, 3.63) is 53.9 Å². The normalized spacial score (nSPS) is 19.0. The van der Waals surface area contributed by atoms with Crippen LogP contribution in [0.15, 0.2) is 42.7 Å². The number of benzene rings is 1. The number of nitrogens with zero attached hydrogens (tertiary/aromatic N) is 3. The maximum absolute atomic E-state index is 5.51. The topological polar surface area (TPSA) is 37.8 Å². The first-order valence-corrected chi connectivity index (χ1v) is 9.98. The van der Waals surface area contributed by atoms with E-state index in [2.05, 4.69) is 39.9 Å². The molecule has 0 unspecified atom stereocenters. The lowest BCUT2D eigenvalue weighted by molar-refractivity contribution is 0.174. The van der Waals surface area contributed by atoms with Gasteiger partial charge in [0, 0.05) is 38.6 Å². The van der Waals surface area contributed by atoms with E-state index < -0.39 is 0 Å². The monoisotopic (exact) mass is 367 g/mol. The molecule has 0 radical (unpaired) electrons. The van der Waals surface area contributed by atoms with Gasteiger partial charge in [0.25, 0.3) is 0 Å². The zero-order valence-electron chi connectivity index (χ0n) is 16.1. The Bertz CT molecular complexity index is 738. The van der Waals surface area contributed by atoms with Crippen LogP contribution in [0.5, 0.6) is 11.5 Å². The molecule has 1 atom stereocenters. The highest BCUT2D eigenvalue weighted by atomic mass is 16.7. The molecule has 144 valence electrons. The van der Waals surface area contributed by atoms with Gasteiger partial charge in [-0.15, -0.1) is 0 Å². The minimum Gasteiger partial charge on any atom is -0.454 e. The smallest absolute Gasteiger partial charge is 0.231 e. The molecule has 4 rings (SSSR count). The van der Waals surface area contributed by atoms with Crippen LogP contribution in [0.2, 0.25) is 0 Å². The second-order valence-electron chi connectivity index (χ2n) is 7.79. The number of hydrogen-bond donors (Lipinski definition) is 0. The lowest BCUT2D eigenvalue weighted by Crippen LogP contribution is -2.33. The van der Waals surface area contributed by atoms with E-state index in [0.29, 0.717) is 12.7 Å². The first-order valence-electron chi connectivity index (χ1n) is 9.98. The van der Waals surface area contributed by atoms with E-state index in [9.17, 15) is 0 Å². The molecule has 2 aromatic rings. The highest BCUT2D eigenvalue weighted by Crippen LogP contribution is 2.33. The third kappa shape index (κ3) is 4.99. The fraction of sp³-hybridized carbons (Fsp3) is 0.500. The summed E-state index contributed by atoms with van der Waals surface area (Å²) in [4.78, 5) is 9.42. The van der Waals surface area contributed by atoms with Gasteiger partial charge in [-0.3, -0.25) is 9.88 Å². The summed E-state index contributed by atoms with van der Waals surface area (Å²) in [5.74, 6) is 2.38. The van der Waals surface area contributed by atoms with Crippen LogP contribution in [0, 0.1) is 5.92 Å². The van der Waals surface area contributed by atoms with Gasteiger partial charge in [0.05, 0.1) is 0 Å². The molecule has 0 amide bonds. The molecule has 1 fully saturated rings. The average molecular weight is 367 g/mol. The van der Waals surface area contributed by atoms with Gasteiger partial charge < -0.3 is 14.4 Å². The predicted octanol–water partition coefficient (Wildman–Crippen LogP) is 3.20. The maximum Gasteiger partial charge on any atom is 0.231 e. The van der Waals surface area contributed by atoms with Gasteiger partial charge in [0.1, 0.15) is 0 Å². The molecular weight excluding hydrogens is 338 g/mol. The van der Waals surface area contributed by atoms with E-state index >= 15 is 0 Å². The van der Waals surface area contributed by atoms with E-state index in [1.54, 1.807) is 0 Å². The van der Waals surface area contributed by atoms with E-state index in [1.165, 1.54) is 30.6 Å². The molecule has 1 aromatic carbocycles. The van der Waals surface area contributed by atoms with Crippen LogP contribution in [-0.2, 0) is 13.0 Å². The van der Waals surface area contributed by atoms with E-state index in [0.717, 1.165) is 44.1 Å². The zero-order valence-corrected chi connectivity index (χ0v) is 16.1. The minimum atomic E-state index is 0.345. The third-order valence-corrected chi connectivity index (χ3v) is 5.40. The number of rotatable bonds is 6. The van der Waals surface area contributed by atoms with Gasteiger partial charge in [0.2, 0.25) is 6.79 Å². The summed E-state index contributed by atoms with van der Waals surface area (Å²) in [6.07, 6.45) is 6.13. The summed E-state index contributed by atoms with van der Waals surface area (Å²) in [5.41, 5.74) is 2.64. The highest BCUT2D eigenvalue weighted by Gasteiger charge is 2.18. The molecule has 27 heavy (non-hydrogen) atoms. The van der Waals surface area contributed by atoms with Gasteiger partial charge in [0.15, 0.2) is 11.5 Å². The molecule has 1 aromatic heterocycles. The number of hydrogen-bond acceptors (Lipinski definition) is 5. The third-order valence-electron chi connectivity index (χ3n) is 5.40. The van der Waals surface area contributed by atoms with Crippen molar-refractivity contribution in [3.63, 3.8) is 0 Å². The van der Waals surface area contributed by atoms with Gasteiger partial charge in [-0.05, 0) is 61.2 Å². The van der Waals surface area contributed by atoms with E-state index in [-0.39, 0.29) is 0 Å². The fourth-order valence-corrected chi connectivity index (χ4v) is 4.09. The molecule has 0 N–H and O–H groups in total. The van der Waals surface area contributed by atoms with Crippen molar-refractivity contribution in [2.24, 2.45) is 5.92 Å². The molecule has 2 aliphatic heterocycles. The second kappa shape index (κ2) is 8.72. The number of pyridine rings is 1. The van der Waals surface area contributed by atoms with Crippen LogP contribution in [0.1, 0.15) is 24.5 Å². The Balaban J connectivity index is 1.25. The zero-order chi connectivity index (χ0) is 18.5.